The Balaban J connectivity index is 2.58. The van der Waals surface area contributed by atoms with Crippen molar-refractivity contribution in [2.75, 3.05) is 7.11 Å². The Morgan fingerprint density at radius 3 is 2.00 bits per heavy atom. The van der Waals surface area contributed by atoms with E-state index in [1.807, 2.05) is 12.1 Å². The molecule has 18 heavy (non-hydrogen) atoms. The zero-order valence-electron chi connectivity index (χ0n) is 9.17. The van der Waals surface area contributed by atoms with Crippen molar-refractivity contribution < 1.29 is 14.9 Å². The van der Waals surface area contributed by atoms with Crippen LogP contribution in [0.2, 0.25) is 0 Å². The van der Waals surface area contributed by atoms with Crippen molar-refractivity contribution in [2.24, 2.45) is 0 Å². The first kappa shape index (κ1) is 12.4. The van der Waals surface area contributed by atoms with E-state index in [4.69, 9.17) is 9.99 Å². The van der Waals surface area contributed by atoms with Crippen molar-refractivity contribution >= 4 is 67.0 Å². The molecule has 2 aromatic heterocycles. The zero-order valence-corrected chi connectivity index (χ0v) is 13.5. The van der Waals surface area contributed by atoms with E-state index in [1.165, 1.54) is 0 Å². The van der Waals surface area contributed by atoms with Crippen molar-refractivity contribution in [2.45, 2.75) is 0 Å². The van der Waals surface area contributed by atoms with Crippen LogP contribution >= 0.6 is 45.2 Å². The SMILES string of the molecule is COc1c2cc(I)[nH]c2c(OO)c2cc(I)[nH]c12. The largest absolute Gasteiger partial charge is 0.494 e. The number of rotatable bonds is 2. The number of aromatic nitrogens is 2. The minimum Gasteiger partial charge on any atom is -0.494 e. The van der Waals surface area contributed by atoms with E-state index in [2.05, 4.69) is 60.0 Å². The summed E-state index contributed by atoms with van der Waals surface area (Å²) in [6, 6.07) is 3.85. The number of nitrogens with one attached hydrogen (secondary N) is 2. The van der Waals surface area contributed by atoms with E-state index in [1.54, 1.807) is 7.11 Å². The van der Waals surface area contributed by atoms with E-state index in [0.29, 0.717) is 5.75 Å². The van der Waals surface area contributed by atoms with Crippen LogP contribution in [0.4, 0.5) is 0 Å². The molecule has 3 N–H and O–H groups in total. The molecule has 3 rings (SSSR count). The molecular formula is C11H8I2N2O3. The van der Waals surface area contributed by atoms with Gasteiger partial charge in [-0.25, -0.2) is 5.26 Å². The van der Waals surface area contributed by atoms with Crippen LogP contribution in [0, 0.1) is 7.40 Å². The molecule has 0 saturated heterocycles. The Morgan fingerprint density at radius 2 is 1.50 bits per heavy atom. The average molecular weight is 470 g/mol. The van der Waals surface area contributed by atoms with Crippen molar-refractivity contribution in [1.82, 2.24) is 9.97 Å². The fourth-order valence-electron chi connectivity index (χ4n) is 2.14. The van der Waals surface area contributed by atoms with Gasteiger partial charge in [0.25, 0.3) is 0 Å². The number of methoxy groups -OCH3 is 1. The van der Waals surface area contributed by atoms with Crippen molar-refractivity contribution in [1.29, 1.82) is 0 Å². The molecule has 0 spiro atoms. The quantitative estimate of drug-likeness (QED) is 0.304. The third kappa shape index (κ3) is 1.67. The van der Waals surface area contributed by atoms with Gasteiger partial charge in [-0.15, -0.1) is 0 Å². The summed E-state index contributed by atoms with van der Waals surface area (Å²) in [6.45, 7) is 0. The summed E-state index contributed by atoms with van der Waals surface area (Å²) in [7, 11) is 1.63. The van der Waals surface area contributed by atoms with Crippen LogP contribution in [0.25, 0.3) is 21.8 Å². The molecule has 5 nitrogen and oxygen atoms in total. The number of hydrogen-bond acceptors (Lipinski definition) is 3. The molecular weight excluding hydrogens is 462 g/mol. The third-order valence-corrected chi connectivity index (χ3v) is 3.97. The number of benzene rings is 1. The van der Waals surface area contributed by atoms with Gasteiger partial charge in [-0.1, -0.05) is 0 Å². The molecule has 3 aromatic rings. The molecule has 0 bridgehead atoms. The van der Waals surface area contributed by atoms with Gasteiger partial charge in [0.15, 0.2) is 11.5 Å². The van der Waals surface area contributed by atoms with Gasteiger partial charge in [0.1, 0.15) is 0 Å². The molecule has 0 aliphatic heterocycles. The number of fused-ring (bicyclic) bond motifs is 2. The van der Waals surface area contributed by atoms with Gasteiger partial charge in [-0.3, -0.25) is 0 Å². The molecule has 7 heteroatoms. The maximum Gasteiger partial charge on any atom is 0.198 e. The first-order chi connectivity index (χ1) is 8.65. The maximum absolute atomic E-state index is 9.14. The molecule has 0 unspecified atom stereocenters. The predicted molar refractivity (Wildman–Crippen MR) is 85.4 cm³/mol. The molecule has 0 atom stereocenters. The van der Waals surface area contributed by atoms with Crippen LogP contribution in [0.3, 0.4) is 0 Å². The van der Waals surface area contributed by atoms with E-state index in [-0.39, 0.29) is 0 Å². The monoisotopic (exact) mass is 470 g/mol. The molecule has 2 heterocycles. The normalized spacial score (nSPS) is 11.3. The van der Waals surface area contributed by atoms with Crippen LogP contribution in [0.1, 0.15) is 0 Å². The highest BCUT2D eigenvalue weighted by atomic mass is 127. The number of H-pyrrole nitrogens is 2. The van der Waals surface area contributed by atoms with Crippen LogP contribution < -0.4 is 9.62 Å². The maximum atomic E-state index is 9.14. The van der Waals surface area contributed by atoms with E-state index >= 15 is 0 Å². The highest BCUT2D eigenvalue weighted by molar-refractivity contribution is 14.1. The second kappa shape index (κ2) is 4.46. The van der Waals surface area contributed by atoms with Crippen LogP contribution in [0.15, 0.2) is 12.1 Å². The summed E-state index contributed by atoms with van der Waals surface area (Å²) in [5.74, 6) is 1.14. The molecule has 0 saturated carbocycles. The zero-order chi connectivity index (χ0) is 12.9. The van der Waals surface area contributed by atoms with Crippen LogP contribution in [-0.4, -0.2) is 22.3 Å². The van der Waals surface area contributed by atoms with Gasteiger partial charge in [0.2, 0.25) is 0 Å². The van der Waals surface area contributed by atoms with Crippen LogP contribution in [-0.2, 0) is 0 Å². The number of aromatic amines is 2. The molecule has 0 fully saturated rings. The first-order valence-electron chi connectivity index (χ1n) is 5.03. The van der Waals surface area contributed by atoms with Gasteiger partial charge in [0.05, 0.1) is 30.9 Å². The predicted octanol–water partition coefficient (Wildman–Crippen LogP) is 3.72. The molecule has 0 radical (unpaired) electrons. The first-order valence-corrected chi connectivity index (χ1v) is 7.19. The molecule has 1 aromatic carbocycles. The van der Waals surface area contributed by atoms with Crippen molar-refractivity contribution in [3.63, 3.8) is 0 Å². The summed E-state index contributed by atoms with van der Waals surface area (Å²) in [5.41, 5.74) is 1.54. The van der Waals surface area contributed by atoms with Gasteiger partial charge >= 0.3 is 0 Å². The van der Waals surface area contributed by atoms with Crippen LogP contribution in [0.5, 0.6) is 11.5 Å². The Labute approximate surface area is 129 Å². The van der Waals surface area contributed by atoms with E-state index < -0.39 is 0 Å². The lowest BCUT2D eigenvalue weighted by atomic mass is 10.1. The fourth-order valence-corrected chi connectivity index (χ4v) is 3.30. The minimum atomic E-state index is 0.405. The number of halogens is 2. The van der Waals surface area contributed by atoms with E-state index in [9.17, 15) is 0 Å². The molecule has 0 aliphatic rings. The Bertz CT molecular complexity index is 631. The molecule has 94 valence electrons. The summed E-state index contributed by atoms with van der Waals surface area (Å²) in [5, 5.41) is 10.8. The topological polar surface area (TPSA) is 70.3 Å². The number of ether oxygens (including phenoxy) is 1. The van der Waals surface area contributed by atoms with Gasteiger partial charge in [-0.05, 0) is 57.3 Å². The summed E-state index contributed by atoms with van der Waals surface area (Å²) < 4.78 is 7.36. The number of hydrogen-bond donors (Lipinski definition) is 3. The van der Waals surface area contributed by atoms with Gasteiger partial charge < -0.3 is 19.6 Å². The van der Waals surface area contributed by atoms with Crippen molar-refractivity contribution in [3.8, 4) is 11.5 Å². The Hall–Kier alpha value is -0.680. The second-order valence-corrected chi connectivity index (χ2v) is 6.09. The molecule has 0 aliphatic carbocycles. The Kier molecular flexibility index (Phi) is 3.06. The van der Waals surface area contributed by atoms with Gasteiger partial charge in [-0.2, -0.15) is 0 Å². The molecule has 0 amide bonds. The van der Waals surface area contributed by atoms with E-state index in [0.717, 1.165) is 35.0 Å². The van der Waals surface area contributed by atoms with Crippen molar-refractivity contribution in [3.05, 3.63) is 19.5 Å². The average Bonchev–Trinajstić information content (AvgIpc) is 2.87. The third-order valence-electron chi connectivity index (χ3n) is 2.81. The lowest BCUT2D eigenvalue weighted by Crippen LogP contribution is -1.91. The smallest absolute Gasteiger partial charge is 0.198 e. The summed E-state index contributed by atoms with van der Waals surface area (Å²) >= 11 is 4.34. The summed E-state index contributed by atoms with van der Waals surface area (Å²) in [4.78, 5) is 10.9. The highest BCUT2D eigenvalue weighted by Crippen LogP contribution is 2.42. The second-order valence-electron chi connectivity index (χ2n) is 3.77. The van der Waals surface area contributed by atoms with Gasteiger partial charge in [0, 0.05) is 5.39 Å². The lowest BCUT2D eigenvalue weighted by molar-refractivity contribution is -0.134. The lowest BCUT2D eigenvalue weighted by Gasteiger charge is -2.07. The standard InChI is InChI=1S/C11H8I2N2O3/c1-17-10-4-2-6(12)15-9(4)11(18-16)5-3-7(13)14-8(5)10/h2-3,14-16H,1H3. The fraction of sp³-hybridized carbons (Fsp3) is 0.0909. The Morgan fingerprint density at radius 1 is 1.00 bits per heavy atom. The highest BCUT2D eigenvalue weighted by Gasteiger charge is 2.20. The minimum absolute atomic E-state index is 0.405. The summed E-state index contributed by atoms with van der Waals surface area (Å²) in [6.07, 6.45) is 0.